The van der Waals surface area contributed by atoms with Crippen molar-refractivity contribution in [1.82, 2.24) is 9.88 Å². The Kier molecular flexibility index (Phi) is 10.4. The molecule has 0 spiro atoms. The normalized spacial score (nSPS) is 17.8. The number of benzene rings is 1. The van der Waals surface area contributed by atoms with Gasteiger partial charge in [-0.15, -0.1) is 23.1 Å². The SMILES string of the molecule is COc1cc[n+](Cc2ccc(C=CC3=C(C(=O)O)N4C(=O)[C@@H](CC(=O)/C(=N\OC(C)(C)C(=O)O)c5csc(N)n5)[C@H]4SC3)cc2)cc1OC. The van der Waals surface area contributed by atoms with Crippen LogP contribution in [0.4, 0.5) is 5.13 Å². The lowest BCUT2D eigenvalue weighted by molar-refractivity contribution is -0.688. The van der Waals surface area contributed by atoms with Gasteiger partial charge in [0.1, 0.15) is 11.4 Å². The van der Waals surface area contributed by atoms with Crippen LogP contribution in [0, 0.1) is 5.92 Å². The highest BCUT2D eigenvalue weighted by molar-refractivity contribution is 8.00. The number of thiazole rings is 1. The van der Waals surface area contributed by atoms with Gasteiger partial charge in [-0.1, -0.05) is 41.6 Å². The molecule has 14 nitrogen and oxygen atoms in total. The van der Waals surface area contributed by atoms with Crippen LogP contribution in [-0.4, -0.2) is 80.4 Å². The van der Waals surface area contributed by atoms with Crippen LogP contribution in [0.1, 0.15) is 37.1 Å². The lowest BCUT2D eigenvalue weighted by Gasteiger charge is -2.49. The van der Waals surface area contributed by atoms with Gasteiger partial charge < -0.3 is 30.3 Å². The van der Waals surface area contributed by atoms with E-state index in [0.29, 0.717) is 29.4 Å². The van der Waals surface area contributed by atoms with Gasteiger partial charge in [0.25, 0.3) is 0 Å². The average Bonchev–Trinajstić information content (AvgIpc) is 3.51. The summed E-state index contributed by atoms with van der Waals surface area (Å²) in [4.78, 5) is 61.1. The highest BCUT2D eigenvalue weighted by Crippen LogP contribution is 2.45. The predicted octanol–water partition coefficient (Wildman–Crippen LogP) is 3.20. The van der Waals surface area contributed by atoms with E-state index in [9.17, 15) is 29.4 Å². The number of fused-ring (bicyclic) bond motifs is 1. The number of rotatable bonds is 14. The molecule has 16 heteroatoms. The fourth-order valence-corrected chi connectivity index (χ4v) is 7.04. The third-order valence-electron chi connectivity index (χ3n) is 7.83. The van der Waals surface area contributed by atoms with Crippen molar-refractivity contribution in [3.05, 3.63) is 82.3 Å². The number of ketones is 1. The highest BCUT2D eigenvalue weighted by atomic mass is 32.2. The number of amides is 1. The van der Waals surface area contributed by atoms with Crippen molar-refractivity contribution >= 4 is 63.6 Å². The minimum atomic E-state index is -1.74. The fraction of sp³-hybridized carbons (Fsp3) is 0.303. The third kappa shape index (κ3) is 7.60. The summed E-state index contributed by atoms with van der Waals surface area (Å²) >= 11 is 2.40. The Morgan fingerprint density at radius 2 is 1.84 bits per heavy atom. The van der Waals surface area contributed by atoms with Crippen molar-refractivity contribution in [2.24, 2.45) is 11.1 Å². The first-order chi connectivity index (χ1) is 23.3. The molecule has 4 heterocycles. The number of allylic oxidation sites excluding steroid dienone is 1. The van der Waals surface area contributed by atoms with Crippen LogP contribution < -0.4 is 19.8 Å². The number of oxime groups is 1. The summed E-state index contributed by atoms with van der Waals surface area (Å²) in [6, 6.07) is 9.59. The van der Waals surface area contributed by atoms with Crippen LogP contribution in [0.2, 0.25) is 0 Å². The molecule has 2 aromatic heterocycles. The van der Waals surface area contributed by atoms with Crippen LogP contribution in [0.3, 0.4) is 0 Å². The minimum absolute atomic E-state index is 0.0832. The maximum absolute atomic E-state index is 13.4. The maximum Gasteiger partial charge on any atom is 0.352 e. The molecule has 49 heavy (non-hydrogen) atoms. The van der Waals surface area contributed by atoms with E-state index in [1.807, 2.05) is 47.3 Å². The molecular formula is C33H34N5O9S2+. The van der Waals surface area contributed by atoms with Crippen molar-refractivity contribution in [2.45, 2.75) is 37.8 Å². The van der Waals surface area contributed by atoms with Crippen molar-refractivity contribution in [3.8, 4) is 11.5 Å². The number of aliphatic carboxylic acids is 2. The standard InChI is InChI=1S/C33H33N5O9S2/c1-33(2,31(43)44)47-36-26(22-17-49-32(34)35-22)23(39)13-21-28(40)38-27(30(41)42)20(16-48-29(21)38)10-9-18-5-7-19(8-6-18)14-37-12-11-24(45-3)25(15-37)46-4/h5-12,15,17,21,29H,13-14,16H2,1-4H3,(H3-,34,35,41,42,43,44)/p+1/b10-9?,36-26-/t21-,29-/m1/s1. The summed E-state index contributed by atoms with van der Waals surface area (Å²) in [6.07, 6.45) is 6.90. The number of nitrogens with two attached hydrogens (primary N) is 1. The van der Waals surface area contributed by atoms with Crippen molar-refractivity contribution in [2.75, 3.05) is 25.7 Å². The minimum Gasteiger partial charge on any atom is -0.492 e. The van der Waals surface area contributed by atoms with Gasteiger partial charge in [0, 0.05) is 29.2 Å². The number of Topliss-reactive ketones (excluding diaryl/α,β-unsaturated/α-hetero) is 1. The molecular weight excluding hydrogens is 675 g/mol. The molecule has 4 N–H and O–H groups in total. The van der Waals surface area contributed by atoms with Crippen LogP contribution in [0.5, 0.6) is 11.5 Å². The third-order valence-corrected chi connectivity index (χ3v) is 9.86. The number of pyridine rings is 1. The molecule has 3 aromatic rings. The monoisotopic (exact) mass is 708 g/mol. The number of β-lactam (4-membered cyclic amide) rings is 1. The number of nitrogens with zero attached hydrogens (tertiary/aromatic N) is 4. The van der Waals surface area contributed by atoms with Crippen molar-refractivity contribution in [3.63, 3.8) is 0 Å². The van der Waals surface area contributed by atoms with Gasteiger partial charge in [-0.05, 0) is 25.0 Å². The van der Waals surface area contributed by atoms with E-state index >= 15 is 0 Å². The molecule has 1 fully saturated rings. The largest absolute Gasteiger partial charge is 0.492 e. The Bertz CT molecular complexity index is 1880. The average molecular weight is 709 g/mol. The Labute approximate surface area is 289 Å². The van der Waals surface area contributed by atoms with E-state index < -0.39 is 40.5 Å². The molecule has 0 radical (unpaired) electrons. The van der Waals surface area contributed by atoms with Crippen molar-refractivity contribution < 1.29 is 48.3 Å². The molecule has 1 aromatic carbocycles. The Morgan fingerprint density at radius 1 is 1.12 bits per heavy atom. The summed E-state index contributed by atoms with van der Waals surface area (Å²) in [5, 5.41) is 24.3. The van der Waals surface area contributed by atoms with E-state index in [0.717, 1.165) is 22.5 Å². The second kappa shape index (κ2) is 14.5. The van der Waals surface area contributed by atoms with E-state index in [1.54, 1.807) is 26.4 Å². The van der Waals surface area contributed by atoms with E-state index in [-0.39, 0.29) is 28.7 Å². The second-order valence-corrected chi connectivity index (χ2v) is 13.6. The van der Waals surface area contributed by atoms with Gasteiger partial charge in [-0.2, -0.15) is 4.57 Å². The Balaban J connectivity index is 1.29. The van der Waals surface area contributed by atoms with E-state index in [4.69, 9.17) is 20.0 Å². The summed E-state index contributed by atoms with van der Waals surface area (Å²) in [5.41, 5.74) is 5.99. The molecule has 2 aliphatic heterocycles. The maximum atomic E-state index is 13.4. The number of hydrogen-bond acceptors (Lipinski definition) is 12. The van der Waals surface area contributed by atoms with Crippen molar-refractivity contribution in [1.29, 1.82) is 0 Å². The molecule has 2 atom stereocenters. The highest BCUT2D eigenvalue weighted by Gasteiger charge is 2.54. The molecule has 256 valence electrons. The van der Waals surface area contributed by atoms with Crippen LogP contribution in [0.15, 0.2) is 70.6 Å². The first kappa shape index (κ1) is 35.1. The van der Waals surface area contributed by atoms with E-state index in [2.05, 4.69) is 10.1 Å². The van der Waals surface area contributed by atoms with Gasteiger partial charge in [-0.3, -0.25) is 14.5 Å². The molecule has 1 saturated heterocycles. The summed E-state index contributed by atoms with van der Waals surface area (Å²) < 4.78 is 12.6. The summed E-state index contributed by atoms with van der Waals surface area (Å²) in [7, 11) is 3.16. The van der Waals surface area contributed by atoms with Crippen LogP contribution in [0.25, 0.3) is 6.08 Å². The predicted molar refractivity (Wildman–Crippen MR) is 181 cm³/mol. The number of carboxylic acids is 2. The first-order valence-corrected chi connectivity index (χ1v) is 16.8. The lowest BCUT2D eigenvalue weighted by atomic mass is 9.89. The number of hydrogen-bond donors (Lipinski definition) is 3. The number of thioether (sulfide) groups is 1. The van der Waals surface area contributed by atoms with Gasteiger partial charge in [0.15, 0.2) is 35.1 Å². The molecule has 2 aliphatic rings. The summed E-state index contributed by atoms with van der Waals surface area (Å²) in [5.74, 6) is -2.98. The number of anilines is 1. The zero-order chi connectivity index (χ0) is 35.5. The van der Waals surface area contributed by atoms with Gasteiger partial charge >= 0.3 is 11.9 Å². The number of carbonyl (C=O) groups excluding carboxylic acids is 2. The first-order valence-electron chi connectivity index (χ1n) is 14.9. The summed E-state index contributed by atoms with van der Waals surface area (Å²) in [6.45, 7) is 3.13. The zero-order valence-electron chi connectivity index (χ0n) is 27.0. The van der Waals surface area contributed by atoms with Gasteiger partial charge in [0.05, 0.1) is 25.5 Å². The Hall–Kier alpha value is -5.22. The molecule has 0 unspecified atom stereocenters. The Morgan fingerprint density at radius 3 is 2.45 bits per heavy atom. The smallest absolute Gasteiger partial charge is 0.352 e. The number of methoxy groups -OCH3 is 2. The molecule has 0 saturated carbocycles. The quantitative estimate of drug-likeness (QED) is 0.0960. The number of ether oxygens (including phenoxy) is 2. The number of carbonyl (C=O) groups is 4. The van der Waals surface area contributed by atoms with E-state index in [1.165, 1.54) is 35.9 Å². The fourth-order valence-electron chi connectivity index (χ4n) is 5.10. The second-order valence-electron chi connectivity index (χ2n) is 11.6. The zero-order valence-corrected chi connectivity index (χ0v) is 28.6. The van der Waals surface area contributed by atoms with Gasteiger partial charge in [0.2, 0.25) is 23.5 Å². The molecule has 0 aliphatic carbocycles. The van der Waals surface area contributed by atoms with Crippen LogP contribution in [-0.2, 0) is 30.6 Å². The number of nitrogen functional groups attached to an aromatic ring is 1. The molecule has 1 amide bonds. The number of aromatic nitrogens is 2. The van der Waals surface area contributed by atoms with Gasteiger partial charge in [-0.25, -0.2) is 14.6 Å². The topological polar surface area (TPSA) is 195 Å². The molecule has 0 bridgehead atoms. The van der Waals surface area contributed by atoms with Crippen LogP contribution >= 0.6 is 23.1 Å². The lowest BCUT2D eigenvalue weighted by Crippen LogP contribution is -2.62. The number of carboxylic acid groups (broad SMARTS) is 2. The molecule has 5 rings (SSSR count).